The van der Waals surface area contributed by atoms with Crippen molar-refractivity contribution in [3.63, 3.8) is 0 Å². The maximum absolute atomic E-state index is 15.3. The molecule has 2 aromatic rings. The number of nitrogen functional groups attached to an aromatic ring is 1. The van der Waals surface area contributed by atoms with Crippen molar-refractivity contribution in [1.82, 2.24) is 9.24 Å². The summed E-state index contributed by atoms with van der Waals surface area (Å²) in [5.74, 6) is 6.07. The number of fused-ring (bicyclic) bond motifs is 1. The SMILES string of the molecule is COc1c(N2CCC3(CCC3C)C2)c(F)cc2c(=O)n(N)c(=O)n(C3CC3)c12. The smallest absolute Gasteiger partial charge is 0.350 e. The summed E-state index contributed by atoms with van der Waals surface area (Å²) in [6.45, 7) is 3.77. The zero-order chi connectivity index (χ0) is 19.8. The van der Waals surface area contributed by atoms with E-state index in [1.807, 2.05) is 4.90 Å². The number of hydrogen-bond acceptors (Lipinski definition) is 5. The van der Waals surface area contributed by atoms with E-state index in [9.17, 15) is 9.59 Å². The van der Waals surface area contributed by atoms with Gasteiger partial charge in [-0.2, -0.15) is 4.68 Å². The first-order chi connectivity index (χ1) is 13.4. The summed E-state index contributed by atoms with van der Waals surface area (Å²) < 4.78 is 23.0. The lowest BCUT2D eigenvalue weighted by Gasteiger charge is -2.45. The highest BCUT2D eigenvalue weighted by atomic mass is 19.1. The minimum atomic E-state index is -0.703. The molecule has 8 heteroatoms. The molecule has 150 valence electrons. The molecule has 1 spiro atoms. The Balaban J connectivity index is 1.76. The summed E-state index contributed by atoms with van der Waals surface area (Å²) in [6.07, 6.45) is 5.05. The maximum Gasteiger partial charge on any atom is 0.350 e. The van der Waals surface area contributed by atoms with Crippen molar-refractivity contribution in [1.29, 1.82) is 0 Å². The van der Waals surface area contributed by atoms with Gasteiger partial charge in [0.2, 0.25) is 0 Å². The second-order valence-corrected chi connectivity index (χ2v) is 8.67. The highest BCUT2D eigenvalue weighted by Gasteiger charge is 2.49. The van der Waals surface area contributed by atoms with Crippen molar-refractivity contribution in [2.45, 2.75) is 45.1 Å². The molecule has 1 aliphatic heterocycles. The zero-order valence-corrected chi connectivity index (χ0v) is 16.2. The largest absolute Gasteiger partial charge is 0.492 e. The van der Waals surface area contributed by atoms with Gasteiger partial charge in [0, 0.05) is 19.1 Å². The van der Waals surface area contributed by atoms with Gasteiger partial charge in [0.1, 0.15) is 11.2 Å². The number of rotatable bonds is 3. The van der Waals surface area contributed by atoms with Crippen LogP contribution in [0.4, 0.5) is 10.1 Å². The lowest BCUT2D eigenvalue weighted by Crippen LogP contribution is -2.44. The number of aromatic nitrogens is 2. The Morgan fingerprint density at radius 3 is 2.54 bits per heavy atom. The van der Waals surface area contributed by atoms with E-state index in [4.69, 9.17) is 10.6 Å². The summed E-state index contributed by atoms with van der Waals surface area (Å²) in [5, 5.41) is 0.0815. The highest BCUT2D eigenvalue weighted by molar-refractivity contribution is 5.91. The van der Waals surface area contributed by atoms with Crippen LogP contribution in [0.2, 0.25) is 0 Å². The first-order valence-electron chi connectivity index (χ1n) is 9.96. The van der Waals surface area contributed by atoms with Gasteiger partial charge < -0.3 is 15.5 Å². The average Bonchev–Trinajstić information content (AvgIpc) is 3.41. The zero-order valence-electron chi connectivity index (χ0n) is 16.2. The molecular weight excluding hydrogens is 363 g/mol. The Bertz CT molecular complexity index is 1100. The molecule has 2 saturated carbocycles. The van der Waals surface area contributed by atoms with E-state index >= 15 is 4.39 Å². The van der Waals surface area contributed by atoms with Crippen LogP contribution in [0.15, 0.2) is 15.7 Å². The van der Waals surface area contributed by atoms with Gasteiger partial charge in [0.15, 0.2) is 11.6 Å². The molecule has 2 N–H and O–H groups in total. The van der Waals surface area contributed by atoms with Crippen LogP contribution in [-0.4, -0.2) is 29.4 Å². The van der Waals surface area contributed by atoms with Crippen molar-refractivity contribution in [3.8, 4) is 5.75 Å². The first-order valence-corrected chi connectivity index (χ1v) is 9.96. The van der Waals surface area contributed by atoms with Gasteiger partial charge >= 0.3 is 5.69 Å². The normalized spacial score (nSPS) is 26.8. The van der Waals surface area contributed by atoms with Gasteiger partial charge in [0.25, 0.3) is 5.56 Å². The number of halogens is 1. The molecule has 0 amide bonds. The molecule has 2 aliphatic carbocycles. The fraction of sp³-hybridized carbons (Fsp3) is 0.600. The Hall–Kier alpha value is -2.51. The third-order valence-corrected chi connectivity index (χ3v) is 7.22. The van der Waals surface area contributed by atoms with E-state index in [1.54, 1.807) is 0 Å². The van der Waals surface area contributed by atoms with Crippen LogP contribution in [0.25, 0.3) is 10.9 Å². The molecule has 1 aromatic heterocycles. The molecule has 5 rings (SSSR count). The molecular formula is C20H25FN4O3. The minimum Gasteiger partial charge on any atom is -0.492 e. The number of methoxy groups -OCH3 is 1. The van der Waals surface area contributed by atoms with Crippen LogP contribution in [0.1, 0.15) is 45.1 Å². The van der Waals surface area contributed by atoms with E-state index in [2.05, 4.69) is 6.92 Å². The highest BCUT2D eigenvalue weighted by Crippen LogP contribution is 2.54. The molecule has 3 fully saturated rings. The van der Waals surface area contributed by atoms with Crippen LogP contribution in [-0.2, 0) is 0 Å². The average molecular weight is 388 g/mol. The Labute approximate surface area is 161 Å². The third kappa shape index (κ3) is 2.20. The Morgan fingerprint density at radius 2 is 2.00 bits per heavy atom. The van der Waals surface area contributed by atoms with E-state index in [-0.39, 0.29) is 22.6 Å². The van der Waals surface area contributed by atoms with Crippen molar-refractivity contribution in [3.05, 3.63) is 32.7 Å². The molecule has 28 heavy (non-hydrogen) atoms. The summed E-state index contributed by atoms with van der Waals surface area (Å²) in [7, 11) is 1.46. The molecule has 2 heterocycles. The number of benzene rings is 1. The van der Waals surface area contributed by atoms with Gasteiger partial charge in [-0.1, -0.05) is 6.92 Å². The van der Waals surface area contributed by atoms with Crippen molar-refractivity contribution >= 4 is 16.6 Å². The van der Waals surface area contributed by atoms with Gasteiger partial charge in [-0.05, 0) is 49.5 Å². The maximum atomic E-state index is 15.3. The number of nitrogens with two attached hydrogens (primary N) is 1. The Kier molecular flexibility index (Phi) is 3.61. The summed E-state index contributed by atoms with van der Waals surface area (Å²) in [6, 6.07) is 1.18. The lowest BCUT2D eigenvalue weighted by atomic mass is 9.60. The summed E-state index contributed by atoms with van der Waals surface area (Å²) >= 11 is 0. The second-order valence-electron chi connectivity index (χ2n) is 8.67. The molecule has 0 bridgehead atoms. The predicted octanol–water partition coefficient (Wildman–Crippen LogP) is 1.99. The van der Waals surface area contributed by atoms with E-state index in [1.165, 1.54) is 24.2 Å². The minimum absolute atomic E-state index is 0.0332. The summed E-state index contributed by atoms with van der Waals surface area (Å²) in [4.78, 5) is 27.3. The molecule has 2 atom stereocenters. The van der Waals surface area contributed by atoms with Gasteiger partial charge in [0.05, 0.1) is 12.5 Å². The number of nitrogens with zero attached hydrogens (tertiary/aromatic N) is 3. The van der Waals surface area contributed by atoms with Crippen molar-refractivity contribution in [2.24, 2.45) is 11.3 Å². The summed E-state index contributed by atoms with van der Waals surface area (Å²) in [5.41, 5.74) is -0.328. The van der Waals surface area contributed by atoms with E-state index < -0.39 is 17.1 Å². The molecule has 1 saturated heterocycles. The number of ether oxygens (including phenoxy) is 1. The third-order valence-electron chi connectivity index (χ3n) is 7.22. The fourth-order valence-electron chi connectivity index (χ4n) is 5.13. The van der Waals surface area contributed by atoms with Gasteiger partial charge in [-0.25, -0.2) is 9.18 Å². The van der Waals surface area contributed by atoms with Crippen LogP contribution in [0, 0.1) is 17.2 Å². The standard InChI is InChI=1S/C20H25FN4O3/c1-11-5-6-20(11)7-8-23(10-20)16-14(21)9-13-15(17(16)28-2)24(12-3-4-12)19(27)25(22)18(13)26/h9,11-12H,3-8,10,22H2,1-2H3. The molecule has 7 nitrogen and oxygen atoms in total. The van der Waals surface area contributed by atoms with Crippen molar-refractivity contribution < 1.29 is 9.13 Å². The van der Waals surface area contributed by atoms with E-state index in [0.29, 0.717) is 21.8 Å². The van der Waals surface area contributed by atoms with Crippen molar-refractivity contribution in [2.75, 3.05) is 30.9 Å². The first kappa shape index (κ1) is 17.6. The fourth-order valence-corrected chi connectivity index (χ4v) is 5.13. The quantitative estimate of drug-likeness (QED) is 0.813. The monoisotopic (exact) mass is 388 g/mol. The molecule has 2 unspecified atom stereocenters. The molecule has 1 aromatic carbocycles. The van der Waals surface area contributed by atoms with Gasteiger partial charge in [-0.3, -0.25) is 9.36 Å². The second kappa shape index (κ2) is 5.75. The Morgan fingerprint density at radius 1 is 1.25 bits per heavy atom. The van der Waals surface area contributed by atoms with Crippen LogP contribution in [0.3, 0.4) is 0 Å². The molecule has 0 radical (unpaired) electrons. The van der Waals surface area contributed by atoms with Crippen LogP contribution < -0.4 is 26.7 Å². The lowest BCUT2D eigenvalue weighted by molar-refractivity contribution is 0.0696. The topological polar surface area (TPSA) is 82.5 Å². The molecule has 3 aliphatic rings. The van der Waals surface area contributed by atoms with Crippen LogP contribution in [0.5, 0.6) is 5.75 Å². The van der Waals surface area contributed by atoms with Crippen LogP contribution >= 0.6 is 0 Å². The predicted molar refractivity (Wildman–Crippen MR) is 105 cm³/mol. The number of anilines is 1. The van der Waals surface area contributed by atoms with E-state index in [0.717, 1.165) is 38.8 Å². The van der Waals surface area contributed by atoms with Gasteiger partial charge in [-0.15, -0.1) is 0 Å². The number of hydrogen-bond donors (Lipinski definition) is 1.